The molecule has 2 amide bonds. The fourth-order valence-corrected chi connectivity index (χ4v) is 1.50. The Morgan fingerprint density at radius 1 is 1.40 bits per heavy atom. The van der Waals surface area contributed by atoms with Crippen molar-refractivity contribution >= 4 is 12.0 Å². The minimum absolute atomic E-state index is 0.110. The first-order valence-corrected chi connectivity index (χ1v) is 6.30. The smallest absolute Gasteiger partial charge is 0.315 e. The van der Waals surface area contributed by atoms with Gasteiger partial charge in [0.25, 0.3) is 0 Å². The highest BCUT2D eigenvalue weighted by molar-refractivity contribution is 5.75. The van der Waals surface area contributed by atoms with E-state index in [2.05, 4.69) is 15.6 Å². The summed E-state index contributed by atoms with van der Waals surface area (Å²) in [7, 11) is 1.53. The number of amides is 2. The Morgan fingerprint density at radius 2 is 2.15 bits per heavy atom. The second-order valence-corrected chi connectivity index (χ2v) is 4.22. The normalized spacial score (nSPS) is 11.5. The first kappa shape index (κ1) is 15.7. The largest absolute Gasteiger partial charge is 0.481 e. The number of methoxy groups -OCH3 is 1. The van der Waals surface area contributed by atoms with E-state index < -0.39 is 17.9 Å². The molecule has 1 unspecified atom stereocenters. The average molecular weight is 281 g/mol. The molecule has 0 saturated carbocycles. The molecule has 1 atom stereocenters. The van der Waals surface area contributed by atoms with Crippen molar-refractivity contribution in [3.63, 3.8) is 0 Å². The van der Waals surface area contributed by atoms with Gasteiger partial charge in [-0.05, 0) is 12.0 Å². The lowest BCUT2D eigenvalue weighted by Gasteiger charge is -2.12. The number of carboxylic acids is 1. The zero-order valence-electron chi connectivity index (χ0n) is 11.5. The van der Waals surface area contributed by atoms with Gasteiger partial charge in [-0.25, -0.2) is 9.78 Å². The number of carboxylic acid groups (broad SMARTS) is 1. The van der Waals surface area contributed by atoms with Gasteiger partial charge in [0, 0.05) is 25.4 Å². The van der Waals surface area contributed by atoms with E-state index in [9.17, 15) is 9.59 Å². The van der Waals surface area contributed by atoms with Crippen LogP contribution in [0, 0.1) is 5.92 Å². The molecule has 0 saturated heterocycles. The SMILES string of the molecule is CCC(CNC(=O)NCc1ccc(OC)nc1)C(=O)O. The lowest BCUT2D eigenvalue weighted by molar-refractivity contribution is -0.141. The molecule has 7 heteroatoms. The molecule has 0 aromatic carbocycles. The molecule has 0 aliphatic heterocycles. The first-order chi connectivity index (χ1) is 9.56. The van der Waals surface area contributed by atoms with Crippen molar-refractivity contribution in [2.24, 2.45) is 5.92 Å². The van der Waals surface area contributed by atoms with Crippen LogP contribution in [0.5, 0.6) is 5.88 Å². The van der Waals surface area contributed by atoms with Gasteiger partial charge < -0.3 is 20.5 Å². The highest BCUT2D eigenvalue weighted by atomic mass is 16.5. The van der Waals surface area contributed by atoms with Crippen LogP contribution in [0.4, 0.5) is 4.79 Å². The van der Waals surface area contributed by atoms with Crippen molar-refractivity contribution in [2.75, 3.05) is 13.7 Å². The number of nitrogens with zero attached hydrogens (tertiary/aromatic N) is 1. The van der Waals surface area contributed by atoms with Crippen LogP contribution >= 0.6 is 0 Å². The number of carbonyl (C=O) groups is 2. The number of carbonyl (C=O) groups excluding carboxylic acids is 1. The van der Waals surface area contributed by atoms with Crippen LogP contribution in [0.2, 0.25) is 0 Å². The Bertz CT molecular complexity index is 447. The minimum atomic E-state index is -0.910. The molecule has 110 valence electrons. The second kappa shape index (κ2) is 7.98. The summed E-state index contributed by atoms with van der Waals surface area (Å²) in [5.41, 5.74) is 0.825. The lowest BCUT2D eigenvalue weighted by Crippen LogP contribution is -2.39. The van der Waals surface area contributed by atoms with Crippen molar-refractivity contribution < 1.29 is 19.4 Å². The zero-order valence-corrected chi connectivity index (χ0v) is 11.5. The second-order valence-electron chi connectivity index (χ2n) is 4.22. The number of aliphatic carboxylic acids is 1. The highest BCUT2D eigenvalue weighted by Gasteiger charge is 2.15. The Balaban J connectivity index is 2.33. The van der Waals surface area contributed by atoms with Gasteiger partial charge in [-0.15, -0.1) is 0 Å². The molecule has 0 aliphatic rings. The summed E-state index contributed by atoms with van der Waals surface area (Å²) in [6.45, 7) is 2.19. The summed E-state index contributed by atoms with van der Waals surface area (Å²) in [5, 5.41) is 14.0. The third kappa shape index (κ3) is 5.13. The van der Waals surface area contributed by atoms with Gasteiger partial charge >= 0.3 is 12.0 Å². The number of aromatic nitrogens is 1. The molecule has 7 nitrogen and oxygen atoms in total. The number of nitrogens with one attached hydrogen (secondary N) is 2. The summed E-state index contributed by atoms with van der Waals surface area (Å²) >= 11 is 0. The van der Waals surface area contributed by atoms with Gasteiger partial charge in [0.1, 0.15) is 0 Å². The molecular formula is C13H19N3O4. The fraction of sp³-hybridized carbons (Fsp3) is 0.462. The average Bonchev–Trinajstić information content (AvgIpc) is 2.46. The van der Waals surface area contributed by atoms with Crippen molar-refractivity contribution in [2.45, 2.75) is 19.9 Å². The van der Waals surface area contributed by atoms with Crippen LogP contribution in [0.15, 0.2) is 18.3 Å². The van der Waals surface area contributed by atoms with Gasteiger partial charge in [-0.2, -0.15) is 0 Å². The fourth-order valence-electron chi connectivity index (χ4n) is 1.50. The van der Waals surface area contributed by atoms with Gasteiger partial charge in [0.15, 0.2) is 0 Å². The predicted octanol–water partition coefficient (Wildman–Crippen LogP) is 1.00. The van der Waals surface area contributed by atoms with E-state index >= 15 is 0 Å². The van der Waals surface area contributed by atoms with Gasteiger partial charge in [0.05, 0.1) is 13.0 Å². The summed E-state index contributed by atoms with van der Waals surface area (Å²) in [6, 6.07) is 3.09. The van der Waals surface area contributed by atoms with Crippen LogP contribution in [0.3, 0.4) is 0 Å². The molecule has 1 rings (SSSR count). The van der Waals surface area contributed by atoms with E-state index in [1.54, 1.807) is 25.3 Å². The molecule has 0 fully saturated rings. The number of hydrogen-bond donors (Lipinski definition) is 3. The molecule has 20 heavy (non-hydrogen) atoms. The lowest BCUT2D eigenvalue weighted by atomic mass is 10.1. The molecule has 0 bridgehead atoms. The number of ether oxygens (including phenoxy) is 1. The quantitative estimate of drug-likeness (QED) is 0.692. The van der Waals surface area contributed by atoms with Gasteiger partial charge in [0.2, 0.25) is 5.88 Å². The van der Waals surface area contributed by atoms with Crippen molar-refractivity contribution in [3.05, 3.63) is 23.9 Å². The Hall–Kier alpha value is -2.31. The molecule has 3 N–H and O–H groups in total. The van der Waals surface area contributed by atoms with E-state index in [4.69, 9.17) is 9.84 Å². The summed E-state index contributed by atoms with van der Waals surface area (Å²) in [6.07, 6.45) is 2.07. The molecule has 0 radical (unpaired) electrons. The summed E-state index contributed by atoms with van der Waals surface area (Å²) in [4.78, 5) is 26.3. The van der Waals surface area contributed by atoms with Gasteiger partial charge in [-0.1, -0.05) is 13.0 Å². The van der Waals surface area contributed by atoms with Crippen LogP contribution in [-0.2, 0) is 11.3 Å². The van der Waals surface area contributed by atoms with Crippen LogP contribution in [0.25, 0.3) is 0 Å². The van der Waals surface area contributed by atoms with Crippen molar-refractivity contribution in [3.8, 4) is 5.88 Å². The standard InChI is InChI=1S/C13H19N3O4/c1-3-10(12(17)18)8-16-13(19)15-7-9-4-5-11(20-2)14-6-9/h4-6,10H,3,7-8H2,1-2H3,(H,17,18)(H2,15,16,19). The Morgan fingerprint density at radius 3 is 2.65 bits per heavy atom. The predicted molar refractivity (Wildman–Crippen MR) is 72.4 cm³/mol. The number of rotatable bonds is 7. The van der Waals surface area contributed by atoms with Crippen molar-refractivity contribution in [1.82, 2.24) is 15.6 Å². The van der Waals surface area contributed by atoms with Gasteiger partial charge in [-0.3, -0.25) is 4.79 Å². The van der Waals surface area contributed by atoms with E-state index in [1.807, 2.05) is 0 Å². The van der Waals surface area contributed by atoms with E-state index in [0.717, 1.165) is 5.56 Å². The highest BCUT2D eigenvalue weighted by Crippen LogP contribution is 2.06. The number of hydrogen-bond acceptors (Lipinski definition) is 4. The third-order valence-electron chi connectivity index (χ3n) is 2.81. The summed E-state index contributed by atoms with van der Waals surface area (Å²) in [5.74, 6) is -0.971. The molecular weight excluding hydrogens is 262 g/mol. The third-order valence-corrected chi connectivity index (χ3v) is 2.81. The monoisotopic (exact) mass is 281 g/mol. The zero-order chi connectivity index (χ0) is 15.0. The van der Waals surface area contributed by atoms with Crippen LogP contribution in [-0.4, -0.2) is 35.7 Å². The van der Waals surface area contributed by atoms with E-state index in [-0.39, 0.29) is 6.54 Å². The Kier molecular flexibility index (Phi) is 6.28. The van der Waals surface area contributed by atoms with E-state index in [0.29, 0.717) is 18.8 Å². The molecule has 0 spiro atoms. The maximum Gasteiger partial charge on any atom is 0.315 e. The topological polar surface area (TPSA) is 101 Å². The molecule has 1 aromatic rings. The Labute approximate surface area is 117 Å². The summed E-state index contributed by atoms with van der Waals surface area (Å²) < 4.78 is 4.93. The molecule has 1 heterocycles. The van der Waals surface area contributed by atoms with Crippen LogP contribution in [0.1, 0.15) is 18.9 Å². The van der Waals surface area contributed by atoms with Crippen molar-refractivity contribution in [1.29, 1.82) is 0 Å². The molecule has 1 aromatic heterocycles. The first-order valence-electron chi connectivity index (χ1n) is 6.30. The number of pyridine rings is 1. The maximum absolute atomic E-state index is 11.5. The van der Waals surface area contributed by atoms with Crippen LogP contribution < -0.4 is 15.4 Å². The number of urea groups is 1. The maximum atomic E-state index is 11.5. The molecule has 0 aliphatic carbocycles. The minimum Gasteiger partial charge on any atom is -0.481 e. The van der Waals surface area contributed by atoms with E-state index in [1.165, 1.54) is 7.11 Å².